The minimum absolute atomic E-state index is 0.0221. The monoisotopic (exact) mass is 512 g/mol. The van der Waals surface area contributed by atoms with Crippen molar-refractivity contribution in [3.05, 3.63) is 97.3 Å². The highest BCUT2D eigenvalue weighted by Crippen LogP contribution is 2.23. The van der Waals surface area contributed by atoms with E-state index in [0.717, 1.165) is 6.20 Å². The molecule has 11 nitrogen and oxygen atoms in total. The summed E-state index contributed by atoms with van der Waals surface area (Å²) >= 11 is 7.06. The molecule has 0 spiro atoms. The molecule has 0 aliphatic rings. The Labute approximate surface area is 207 Å². The van der Waals surface area contributed by atoms with Crippen LogP contribution in [-0.2, 0) is 6.54 Å². The smallest absolute Gasteiger partial charge is 0.307 e. The average Bonchev–Trinajstić information content (AvgIpc) is 3.59. The Morgan fingerprint density at radius 2 is 2.06 bits per heavy atom. The van der Waals surface area contributed by atoms with Gasteiger partial charge in [0.1, 0.15) is 18.2 Å². The lowest BCUT2D eigenvalue weighted by Crippen LogP contribution is -2.19. The van der Waals surface area contributed by atoms with Gasteiger partial charge in [0.05, 0.1) is 26.4 Å². The molecule has 0 aliphatic carbocycles. The summed E-state index contributed by atoms with van der Waals surface area (Å²) in [5, 5.41) is 21.5. The number of benzene rings is 1. The first kappa shape index (κ1) is 23.9. The molecule has 4 aromatic rings. The zero-order chi connectivity index (χ0) is 24.9. The summed E-state index contributed by atoms with van der Waals surface area (Å²) in [6, 6.07) is 13.4. The van der Waals surface area contributed by atoms with Crippen LogP contribution in [0.5, 0.6) is 0 Å². The third-order valence-electron chi connectivity index (χ3n) is 4.69. The van der Waals surface area contributed by atoms with E-state index >= 15 is 0 Å². The minimum Gasteiger partial charge on any atom is -0.454 e. The molecule has 178 valence electrons. The molecule has 35 heavy (non-hydrogen) atoms. The van der Waals surface area contributed by atoms with Gasteiger partial charge in [-0.25, -0.2) is 5.43 Å². The van der Waals surface area contributed by atoms with Crippen molar-refractivity contribution in [1.82, 2.24) is 15.2 Å². The molecule has 0 saturated heterocycles. The number of aromatic nitrogens is 2. The fourth-order valence-electron chi connectivity index (χ4n) is 2.98. The maximum Gasteiger partial charge on any atom is 0.307 e. The molecule has 3 aromatic heterocycles. The number of furan rings is 1. The summed E-state index contributed by atoms with van der Waals surface area (Å²) < 4.78 is 7.35. The number of carbonyl (C=O) groups is 2. The maximum absolute atomic E-state index is 12.4. The Kier molecular flexibility index (Phi) is 7.03. The molecule has 0 bridgehead atoms. The van der Waals surface area contributed by atoms with Gasteiger partial charge in [0.25, 0.3) is 5.91 Å². The molecule has 0 radical (unpaired) electrons. The molecule has 0 atom stereocenters. The van der Waals surface area contributed by atoms with Crippen LogP contribution in [0.15, 0.2) is 70.4 Å². The van der Waals surface area contributed by atoms with Crippen LogP contribution >= 0.6 is 22.9 Å². The molecule has 1 aromatic carbocycles. The average molecular weight is 513 g/mol. The van der Waals surface area contributed by atoms with Crippen molar-refractivity contribution in [1.29, 1.82) is 0 Å². The van der Waals surface area contributed by atoms with Crippen LogP contribution in [0.25, 0.3) is 0 Å². The van der Waals surface area contributed by atoms with Crippen molar-refractivity contribution < 1.29 is 18.9 Å². The molecule has 13 heteroatoms. The number of hydrazone groups is 1. The number of rotatable bonds is 8. The zero-order valence-electron chi connectivity index (χ0n) is 18.1. The standard InChI is InChI=1S/C22H17ClN6O5S/c1-13(14-3-2-4-15(9-14)25-22(31)19-7-8-20(23)35-19)26-27-21(30)18-6-5-17(34-18)12-28-11-16(10-24-28)29(32)33/h2-11H,12H2,1H3,(H,25,31)(H,27,30)/b26-13+. The first-order valence-electron chi connectivity index (χ1n) is 10.1. The second kappa shape index (κ2) is 10.3. The summed E-state index contributed by atoms with van der Waals surface area (Å²) in [5.41, 5.74) is 4.04. The Bertz CT molecular complexity index is 1440. The van der Waals surface area contributed by atoms with Crippen molar-refractivity contribution in [2.75, 3.05) is 5.32 Å². The normalized spacial score (nSPS) is 11.3. The lowest BCUT2D eigenvalue weighted by Gasteiger charge is -2.07. The van der Waals surface area contributed by atoms with E-state index in [1.54, 1.807) is 49.4 Å². The summed E-state index contributed by atoms with van der Waals surface area (Å²) in [6.07, 6.45) is 2.40. The van der Waals surface area contributed by atoms with Gasteiger partial charge < -0.3 is 9.73 Å². The minimum atomic E-state index is -0.568. The lowest BCUT2D eigenvalue weighted by molar-refractivity contribution is -0.385. The number of nitrogens with zero attached hydrogens (tertiary/aromatic N) is 4. The van der Waals surface area contributed by atoms with E-state index in [1.807, 2.05) is 0 Å². The number of carbonyl (C=O) groups excluding carboxylic acids is 2. The van der Waals surface area contributed by atoms with E-state index in [1.165, 1.54) is 28.3 Å². The van der Waals surface area contributed by atoms with E-state index in [9.17, 15) is 19.7 Å². The van der Waals surface area contributed by atoms with Crippen molar-refractivity contribution in [2.45, 2.75) is 13.5 Å². The predicted molar refractivity (Wildman–Crippen MR) is 130 cm³/mol. The van der Waals surface area contributed by atoms with Crippen LogP contribution < -0.4 is 10.7 Å². The number of thiophene rings is 1. The number of hydrogen-bond acceptors (Lipinski definition) is 8. The molecule has 0 unspecified atom stereocenters. The van der Waals surface area contributed by atoms with Crippen molar-refractivity contribution in [3.63, 3.8) is 0 Å². The molecular weight excluding hydrogens is 496 g/mol. The van der Waals surface area contributed by atoms with Gasteiger partial charge in [-0.05, 0) is 48.9 Å². The number of nitro groups is 1. The first-order chi connectivity index (χ1) is 16.8. The highest BCUT2D eigenvalue weighted by molar-refractivity contribution is 7.18. The Balaban J connectivity index is 1.37. The molecule has 2 N–H and O–H groups in total. The van der Waals surface area contributed by atoms with Gasteiger partial charge in [-0.15, -0.1) is 11.3 Å². The molecule has 0 aliphatic heterocycles. The summed E-state index contributed by atoms with van der Waals surface area (Å²) in [6.45, 7) is 1.83. The van der Waals surface area contributed by atoms with Crippen molar-refractivity contribution in [3.8, 4) is 0 Å². The van der Waals surface area contributed by atoms with E-state index < -0.39 is 10.8 Å². The topological polar surface area (TPSA) is 145 Å². The zero-order valence-corrected chi connectivity index (χ0v) is 19.7. The van der Waals surface area contributed by atoms with Gasteiger partial charge >= 0.3 is 11.6 Å². The second-order valence-electron chi connectivity index (χ2n) is 7.20. The molecular formula is C22H17ClN6O5S. The van der Waals surface area contributed by atoms with Gasteiger partial charge in [0, 0.05) is 5.69 Å². The van der Waals surface area contributed by atoms with Crippen LogP contribution in [-0.4, -0.2) is 32.2 Å². The molecule has 3 heterocycles. The van der Waals surface area contributed by atoms with Crippen molar-refractivity contribution in [2.24, 2.45) is 5.10 Å². The summed E-state index contributed by atoms with van der Waals surface area (Å²) in [5.74, 6) is -0.431. The number of anilines is 1. The van der Waals surface area contributed by atoms with E-state index in [4.69, 9.17) is 16.0 Å². The fourth-order valence-corrected chi connectivity index (χ4v) is 3.92. The van der Waals surface area contributed by atoms with Crippen LogP contribution in [0.3, 0.4) is 0 Å². The van der Waals surface area contributed by atoms with Crippen LogP contribution in [0, 0.1) is 10.1 Å². The summed E-state index contributed by atoms with van der Waals surface area (Å²) in [4.78, 5) is 35.5. The Morgan fingerprint density at radius 1 is 1.23 bits per heavy atom. The van der Waals surface area contributed by atoms with Crippen LogP contribution in [0.1, 0.15) is 38.5 Å². The van der Waals surface area contributed by atoms with E-state index in [2.05, 4.69) is 20.9 Å². The molecule has 0 fully saturated rings. The number of hydrogen-bond donors (Lipinski definition) is 2. The number of nitrogens with one attached hydrogen (secondary N) is 2. The molecule has 4 rings (SSSR count). The lowest BCUT2D eigenvalue weighted by atomic mass is 10.1. The third-order valence-corrected chi connectivity index (χ3v) is 5.92. The van der Waals surface area contributed by atoms with E-state index in [0.29, 0.717) is 31.9 Å². The largest absolute Gasteiger partial charge is 0.454 e. The van der Waals surface area contributed by atoms with Crippen LogP contribution in [0.4, 0.5) is 11.4 Å². The highest BCUT2D eigenvalue weighted by atomic mass is 35.5. The van der Waals surface area contributed by atoms with Gasteiger partial charge in [-0.3, -0.25) is 24.4 Å². The van der Waals surface area contributed by atoms with Gasteiger partial charge in [-0.2, -0.15) is 10.2 Å². The van der Waals surface area contributed by atoms with Gasteiger partial charge in [0.15, 0.2) is 5.76 Å². The second-order valence-corrected chi connectivity index (χ2v) is 8.91. The van der Waals surface area contributed by atoms with Gasteiger partial charge in [-0.1, -0.05) is 23.7 Å². The molecule has 2 amide bonds. The Hall–Kier alpha value is -4.29. The van der Waals surface area contributed by atoms with Gasteiger partial charge in [0.2, 0.25) is 0 Å². The quantitative estimate of drug-likeness (QED) is 0.201. The maximum atomic E-state index is 12.4. The number of halogens is 1. The summed E-state index contributed by atoms with van der Waals surface area (Å²) in [7, 11) is 0. The predicted octanol–water partition coefficient (Wildman–Crippen LogP) is 4.55. The molecule has 0 saturated carbocycles. The fraction of sp³-hybridized carbons (Fsp3) is 0.0909. The highest BCUT2D eigenvalue weighted by Gasteiger charge is 2.14. The third kappa shape index (κ3) is 5.99. The van der Waals surface area contributed by atoms with E-state index in [-0.39, 0.29) is 23.9 Å². The van der Waals surface area contributed by atoms with Crippen LogP contribution in [0.2, 0.25) is 4.34 Å². The Morgan fingerprint density at radius 3 is 2.77 bits per heavy atom. The SMILES string of the molecule is C/C(=N\NC(=O)c1ccc(Cn2cc([N+](=O)[O-])cn2)o1)c1cccc(NC(=O)c2ccc(Cl)s2)c1. The first-order valence-corrected chi connectivity index (χ1v) is 11.3. The number of amides is 2. The van der Waals surface area contributed by atoms with Crippen molar-refractivity contribution >= 4 is 51.8 Å².